The van der Waals surface area contributed by atoms with Gasteiger partial charge >= 0.3 is 0 Å². The molecule has 0 saturated carbocycles. The predicted octanol–water partition coefficient (Wildman–Crippen LogP) is 4.04. The van der Waals surface area contributed by atoms with Crippen molar-refractivity contribution in [1.29, 1.82) is 0 Å². The Bertz CT molecular complexity index is 1380. The van der Waals surface area contributed by atoms with E-state index in [2.05, 4.69) is 0 Å². The van der Waals surface area contributed by atoms with Crippen LogP contribution in [0.15, 0.2) is 76.7 Å². The number of rotatable bonds is 5. The van der Waals surface area contributed by atoms with Crippen molar-refractivity contribution in [2.45, 2.75) is 25.3 Å². The van der Waals surface area contributed by atoms with E-state index in [0.717, 1.165) is 26.4 Å². The van der Waals surface area contributed by atoms with Crippen LogP contribution >= 0.6 is 0 Å². The molecule has 0 radical (unpaired) electrons. The molecule has 0 spiro atoms. The van der Waals surface area contributed by atoms with Crippen molar-refractivity contribution < 1.29 is 13.2 Å². The molecule has 0 bridgehead atoms. The van der Waals surface area contributed by atoms with Gasteiger partial charge in [0.2, 0.25) is 0 Å². The number of pyridine rings is 1. The summed E-state index contributed by atoms with van der Waals surface area (Å²) in [6.45, 7) is 4.17. The van der Waals surface area contributed by atoms with E-state index in [1.807, 2.05) is 38.1 Å². The molecule has 0 fully saturated rings. The molecule has 0 unspecified atom stereocenters. The molecule has 0 aliphatic rings. The third-order valence-corrected chi connectivity index (χ3v) is 6.90. The zero-order valence-corrected chi connectivity index (χ0v) is 17.8. The number of hydrogen-bond acceptors (Lipinski definition) is 4. The van der Waals surface area contributed by atoms with Crippen LogP contribution in [0.25, 0.3) is 22.0 Å². The minimum Gasteiger partial charge on any atom is -0.497 e. The molecule has 4 aromatic rings. The molecule has 2 heterocycles. The molecule has 4 rings (SSSR count). The van der Waals surface area contributed by atoms with Gasteiger partial charge in [-0.3, -0.25) is 4.79 Å². The maximum atomic E-state index is 13.3. The fourth-order valence-electron chi connectivity index (χ4n) is 3.52. The van der Waals surface area contributed by atoms with Crippen LogP contribution in [0.5, 0.6) is 5.75 Å². The number of methoxy groups -OCH3 is 1. The third kappa shape index (κ3) is 3.21. The smallest absolute Gasteiger partial charge is 0.276 e. The van der Waals surface area contributed by atoms with Gasteiger partial charge in [-0.15, -0.1) is 0 Å². The number of hydrogen-bond donors (Lipinski definition) is 0. The maximum absolute atomic E-state index is 13.3. The minimum absolute atomic E-state index is 0.142. The molecule has 2 aromatic carbocycles. The molecule has 0 N–H and O–H groups in total. The molecule has 0 saturated heterocycles. The molecule has 2 aromatic heterocycles. The van der Waals surface area contributed by atoms with Gasteiger partial charge in [0.05, 0.1) is 12.0 Å². The first-order valence-electron chi connectivity index (χ1n) is 9.58. The van der Waals surface area contributed by atoms with E-state index >= 15 is 0 Å². The van der Waals surface area contributed by atoms with Crippen LogP contribution < -0.4 is 10.3 Å². The lowest BCUT2D eigenvalue weighted by Crippen LogP contribution is -2.23. The Labute approximate surface area is 175 Å². The average molecular weight is 423 g/mol. The summed E-state index contributed by atoms with van der Waals surface area (Å²) < 4.78 is 34.4. The van der Waals surface area contributed by atoms with Gasteiger partial charge in [-0.2, -0.15) is 0 Å². The van der Waals surface area contributed by atoms with Crippen molar-refractivity contribution >= 4 is 20.9 Å². The highest BCUT2D eigenvalue weighted by molar-refractivity contribution is 7.90. The summed E-state index contributed by atoms with van der Waals surface area (Å²) in [5, 5.41) is 0.588. The summed E-state index contributed by atoms with van der Waals surface area (Å²) in [5.41, 5.74) is 2.41. The molecular formula is C23H22N2O4S. The summed E-state index contributed by atoms with van der Waals surface area (Å²) >= 11 is 0. The van der Waals surface area contributed by atoms with Crippen molar-refractivity contribution in [3.8, 4) is 16.9 Å². The van der Waals surface area contributed by atoms with Crippen molar-refractivity contribution in [2.24, 2.45) is 0 Å². The van der Waals surface area contributed by atoms with Crippen LogP contribution in [0.2, 0.25) is 0 Å². The highest BCUT2D eigenvalue weighted by Crippen LogP contribution is 2.30. The van der Waals surface area contributed by atoms with Crippen molar-refractivity contribution in [1.82, 2.24) is 8.54 Å². The fraction of sp³-hybridized carbons (Fsp3) is 0.174. The van der Waals surface area contributed by atoms with Crippen molar-refractivity contribution in [2.75, 3.05) is 7.11 Å². The Morgan fingerprint density at radius 1 is 0.967 bits per heavy atom. The van der Waals surface area contributed by atoms with E-state index in [1.165, 1.54) is 10.8 Å². The second-order valence-electron chi connectivity index (χ2n) is 7.05. The summed E-state index contributed by atoms with van der Waals surface area (Å²) in [4.78, 5) is 13.3. The second-order valence-corrected chi connectivity index (χ2v) is 8.87. The van der Waals surface area contributed by atoms with Crippen molar-refractivity contribution in [3.63, 3.8) is 0 Å². The fourth-order valence-corrected chi connectivity index (χ4v) is 4.87. The molecule has 0 amide bonds. The molecule has 7 heteroatoms. The zero-order chi connectivity index (χ0) is 21.5. The zero-order valence-electron chi connectivity index (χ0n) is 17.0. The summed E-state index contributed by atoms with van der Waals surface area (Å²) in [5.74, 6) is 0.721. The van der Waals surface area contributed by atoms with Crippen LogP contribution in [0, 0.1) is 6.92 Å². The SMILES string of the molecule is CCn1cc(-c2ccc(OC)cc2)c2ccn(S(=O)(=O)c3ccc(C)cc3)c2c1=O. The first kappa shape index (κ1) is 20.0. The number of ether oxygens (including phenoxy) is 1. The van der Waals surface area contributed by atoms with Crippen molar-refractivity contribution in [3.05, 3.63) is 82.9 Å². The first-order chi connectivity index (χ1) is 14.4. The van der Waals surface area contributed by atoms with Gasteiger partial charge in [0.1, 0.15) is 11.3 Å². The molecular weight excluding hydrogens is 400 g/mol. The second kappa shape index (κ2) is 7.50. The molecule has 0 aliphatic carbocycles. The molecule has 0 aliphatic heterocycles. The minimum atomic E-state index is -3.91. The van der Waals surface area contributed by atoms with Gasteiger partial charge in [0, 0.05) is 29.9 Å². The normalized spacial score (nSPS) is 11.7. The topological polar surface area (TPSA) is 70.3 Å². The van der Waals surface area contributed by atoms with E-state index in [4.69, 9.17) is 4.74 Å². The lowest BCUT2D eigenvalue weighted by molar-refractivity contribution is 0.415. The Hall–Kier alpha value is -3.32. The number of benzene rings is 2. The van der Waals surface area contributed by atoms with Gasteiger partial charge in [-0.25, -0.2) is 12.4 Å². The number of aryl methyl sites for hydroxylation is 2. The highest BCUT2D eigenvalue weighted by Gasteiger charge is 2.23. The quantitative estimate of drug-likeness (QED) is 0.487. The third-order valence-electron chi connectivity index (χ3n) is 5.21. The van der Waals surface area contributed by atoms with Gasteiger partial charge in [0.15, 0.2) is 0 Å². The van der Waals surface area contributed by atoms with Crippen LogP contribution in [-0.4, -0.2) is 24.1 Å². The van der Waals surface area contributed by atoms with Crippen LogP contribution in [0.1, 0.15) is 12.5 Å². The summed E-state index contributed by atoms with van der Waals surface area (Å²) in [6, 6.07) is 15.7. The predicted molar refractivity (Wildman–Crippen MR) is 118 cm³/mol. The summed E-state index contributed by atoms with van der Waals surface area (Å²) in [6.07, 6.45) is 3.23. The van der Waals surface area contributed by atoms with Gasteiger partial charge in [-0.1, -0.05) is 29.8 Å². The van der Waals surface area contributed by atoms with Crippen LogP contribution in [0.4, 0.5) is 0 Å². The molecule has 154 valence electrons. The average Bonchev–Trinajstić information content (AvgIpc) is 3.21. The number of fused-ring (bicyclic) bond motifs is 1. The van der Waals surface area contributed by atoms with Gasteiger partial charge in [-0.05, 0) is 49.7 Å². The monoisotopic (exact) mass is 422 g/mol. The van der Waals surface area contributed by atoms with E-state index in [9.17, 15) is 13.2 Å². The number of aromatic nitrogens is 2. The van der Waals surface area contributed by atoms with Gasteiger partial charge < -0.3 is 9.30 Å². The summed E-state index contributed by atoms with van der Waals surface area (Å²) in [7, 11) is -2.32. The Morgan fingerprint density at radius 2 is 1.63 bits per heavy atom. The Kier molecular flexibility index (Phi) is 4.99. The van der Waals surface area contributed by atoms with E-state index in [0.29, 0.717) is 11.9 Å². The van der Waals surface area contributed by atoms with E-state index in [-0.39, 0.29) is 16.0 Å². The number of nitrogens with zero attached hydrogens (tertiary/aromatic N) is 2. The van der Waals surface area contributed by atoms with E-state index < -0.39 is 10.0 Å². The maximum Gasteiger partial charge on any atom is 0.276 e. The van der Waals surface area contributed by atoms with Crippen LogP contribution in [0.3, 0.4) is 0 Å². The first-order valence-corrected chi connectivity index (χ1v) is 11.0. The largest absolute Gasteiger partial charge is 0.497 e. The standard InChI is InChI=1S/C23H22N2O4S/c1-4-24-15-21(17-7-9-18(29-3)10-8-17)20-13-14-25(22(20)23(24)26)30(27,28)19-11-5-16(2)6-12-19/h5-15H,4H2,1-3H3. The molecule has 6 nitrogen and oxygen atoms in total. The lowest BCUT2D eigenvalue weighted by Gasteiger charge is -2.12. The lowest BCUT2D eigenvalue weighted by atomic mass is 10.0. The molecule has 0 atom stereocenters. The van der Waals surface area contributed by atoms with Gasteiger partial charge in [0.25, 0.3) is 15.6 Å². The highest BCUT2D eigenvalue weighted by atomic mass is 32.2. The van der Waals surface area contributed by atoms with E-state index in [1.54, 1.807) is 43.6 Å². The van der Waals surface area contributed by atoms with Crippen LogP contribution in [-0.2, 0) is 16.6 Å². The Balaban J connectivity index is 2.00. The molecule has 30 heavy (non-hydrogen) atoms. The Morgan fingerprint density at radius 3 is 2.23 bits per heavy atom.